The highest BCUT2D eigenvalue weighted by molar-refractivity contribution is 5.83. The summed E-state index contributed by atoms with van der Waals surface area (Å²) in [7, 11) is 0. The van der Waals surface area contributed by atoms with Crippen molar-refractivity contribution in [3.63, 3.8) is 0 Å². The minimum absolute atomic E-state index is 0.0463. The standard InChI is InChI=1S/C35H50N2O3/c1-21(2)23-10-15-35(20-38)17-16-33(6)25(28(23)35)8-9-27-32(5)13-11-24(22-18-36-29(30(39)40)37-19-22)31(3,4)26(32)12-14-34(27,33)7/h11,18-19,23,25-28,38H,1,8-10,12-17,20H2,2-7H3,(H,39,40)/t23-,25+,26-,27+,28?,32-,33+,34+,35+/m0/s1. The molecule has 4 saturated carbocycles. The molecule has 2 N–H and O–H groups in total. The molecule has 40 heavy (non-hydrogen) atoms. The summed E-state index contributed by atoms with van der Waals surface area (Å²) in [4.78, 5) is 19.6. The Bertz CT molecular complexity index is 1250. The number of rotatable bonds is 4. The zero-order chi connectivity index (χ0) is 28.9. The maximum atomic E-state index is 11.3. The first kappa shape index (κ1) is 28.1. The number of carboxylic acid groups (broad SMARTS) is 1. The van der Waals surface area contributed by atoms with Crippen molar-refractivity contribution in [1.82, 2.24) is 9.97 Å². The van der Waals surface area contributed by atoms with Gasteiger partial charge in [0.25, 0.3) is 0 Å². The van der Waals surface area contributed by atoms with E-state index in [1.54, 1.807) is 12.4 Å². The molecule has 0 spiro atoms. The molecule has 5 aliphatic carbocycles. The molecule has 5 aliphatic rings. The van der Waals surface area contributed by atoms with Crippen LogP contribution in [0.4, 0.5) is 0 Å². The number of aromatic carboxylic acids is 1. The first-order valence-electron chi connectivity index (χ1n) is 15.8. The normalized spacial score (nSPS) is 45.4. The van der Waals surface area contributed by atoms with Gasteiger partial charge in [0.1, 0.15) is 0 Å². The Morgan fingerprint density at radius 3 is 2.27 bits per heavy atom. The van der Waals surface area contributed by atoms with Crippen molar-refractivity contribution in [3.05, 3.63) is 42.0 Å². The lowest BCUT2D eigenvalue weighted by molar-refractivity contribution is -0.228. The van der Waals surface area contributed by atoms with Gasteiger partial charge in [-0.25, -0.2) is 14.8 Å². The number of aliphatic hydroxyl groups is 1. The molecule has 9 atom stereocenters. The van der Waals surface area contributed by atoms with Crippen LogP contribution in [0, 0.1) is 56.7 Å². The van der Waals surface area contributed by atoms with Crippen molar-refractivity contribution in [3.8, 4) is 0 Å². The van der Waals surface area contributed by atoms with Crippen LogP contribution in [0.5, 0.6) is 0 Å². The first-order valence-corrected chi connectivity index (χ1v) is 15.8. The molecule has 0 bridgehead atoms. The van der Waals surface area contributed by atoms with Crippen molar-refractivity contribution in [2.24, 2.45) is 56.7 Å². The number of aliphatic hydroxyl groups excluding tert-OH is 1. The molecule has 0 saturated heterocycles. The molecule has 5 heteroatoms. The third-order valence-corrected chi connectivity index (χ3v) is 14.3. The van der Waals surface area contributed by atoms with E-state index in [1.165, 1.54) is 49.7 Å². The highest BCUT2D eigenvalue weighted by atomic mass is 16.4. The van der Waals surface area contributed by atoms with Crippen LogP contribution in [0.2, 0.25) is 0 Å². The fourth-order valence-electron chi connectivity index (χ4n) is 12.2. The maximum Gasteiger partial charge on any atom is 0.373 e. The number of allylic oxidation sites excluding steroid dienone is 3. The third-order valence-electron chi connectivity index (χ3n) is 14.3. The molecule has 218 valence electrons. The van der Waals surface area contributed by atoms with Gasteiger partial charge in [0.15, 0.2) is 0 Å². The molecule has 0 aromatic carbocycles. The van der Waals surface area contributed by atoms with Gasteiger partial charge in [-0.15, -0.1) is 0 Å². The van der Waals surface area contributed by atoms with E-state index >= 15 is 0 Å². The number of hydrogen-bond acceptors (Lipinski definition) is 4. The van der Waals surface area contributed by atoms with E-state index in [-0.39, 0.29) is 32.9 Å². The molecule has 1 aromatic heterocycles. The van der Waals surface area contributed by atoms with Crippen molar-refractivity contribution in [1.29, 1.82) is 0 Å². The molecule has 4 fully saturated rings. The van der Waals surface area contributed by atoms with Crippen LogP contribution in [-0.4, -0.2) is 32.8 Å². The number of carboxylic acids is 1. The number of aromatic nitrogens is 2. The topological polar surface area (TPSA) is 83.3 Å². The van der Waals surface area contributed by atoms with Gasteiger partial charge >= 0.3 is 5.97 Å². The van der Waals surface area contributed by atoms with Gasteiger partial charge in [0.05, 0.1) is 0 Å². The second kappa shape index (κ2) is 8.99. The predicted molar refractivity (Wildman–Crippen MR) is 158 cm³/mol. The van der Waals surface area contributed by atoms with Gasteiger partial charge in [-0.2, -0.15) is 0 Å². The van der Waals surface area contributed by atoms with Crippen LogP contribution >= 0.6 is 0 Å². The van der Waals surface area contributed by atoms with Gasteiger partial charge in [0.2, 0.25) is 5.82 Å². The lowest BCUT2D eigenvalue weighted by atomic mass is 9.32. The Balaban J connectivity index is 1.36. The Morgan fingerprint density at radius 2 is 1.65 bits per heavy atom. The second-order valence-corrected chi connectivity index (χ2v) is 15.9. The first-order chi connectivity index (χ1) is 18.7. The largest absolute Gasteiger partial charge is 0.475 e. The average Bonchev–Trinajstić information content (AvgIpc) is 3.29. The molecule has 0 amide bonds. The fourth-order valence-corrected chi connectivity index (χ4v) is 12.2. The van der Waals surface area contributed by atoms with Gasteiger partial charge < -0.3 is 10.2 Å². The lowest BCUT2D eigenvalue weighted by Gasteiger charge is -2.72. The summed E-state index contributed by atoms with van der Waals surface area (Å²) in [5.41, 5.74) is 4.39. The highest BCUT2D eigenvalue weighted by Gasteiger charge is 2.70. The zero-order valence-corrected chi connectivity index (χ0v) is 25.6. The van der Waals surface area contributed by atoms with Crippen molar-refractivity contribution in [2.45, 2.75) is 99.3 Å². The minimum Gasteiger partial charge on any atom is -0.475 e. The Kier molecular flexibility index (Phi) is 6.32. The Morgan fingerprint density at radius 1 is 0.950 bits per heavy atom. The van der Waals surface area contributed by atoms with E-state index in [4.69, 9.17) is 0 Å². The van der Waals surface area contributed by atoms with Gasteiger partial charge in [0, 0.05) is 24.6 Å². The Hall–Kier alpha value is -2.01. The fraction of sp³-hybridized carbons (Fsp3) is 0.743. The molecule has 1 aromatic rings. The van der Waals surface area contributed by atoms with Crippen LogP contribution in [0.1, 0.15) is 116 Å². The van der Waals surface area contributed by atoms with Crippen LogP contribution in [0.3, 0.4) is 0 Å². The number of fused-ring (bicyclic) bond motifs is 7. The predicted octanol–water partition coefficient (Wildman–Crippen LogP) is 7.82. The summed E-state index contributed by atoms with van der Waals surface area (Å²) < 4.78 is 0. The SMILES string of the molecule is C=C(C)[C@@H]1CC[C@]2(CO)CC[C@]3(C)[C@H](CC[C@@H]4[C@@]5(C)CC=C(c6cnc(C(=O)O)nc6)C(C)(C)[C@@H]5CC[C@]43C)C12. The summed E-state index contributed by atoms with van der Waals surface area (Å²) in [6.45, 7) is 19.7. The second-order valence-electron chi connectivity index (χ2n) is 15.9. The molecular weight excluding hydrogens is 496 g/mol. The Labute approximate surface area is 241 Å². The van der Waals surface area contributed by atoms with Crippen LogP contribution < -0.4 is 0 Å². The molecule has 1 unspecified atom stereocenters. The quantitative estimate of drug-likeness (QED) is 0.376. The summed E-state index contributed by atoms with van der Waals surface area (Å²) >= 11 is 0. The van der Waals surface area contributed by atoms with Crippen LogP contribution in [0.15, 0.2) is 30.6 Å². The van der Waals surface area contributed by atoms with E-state index in [9.17, 15) is 15.0 Å². The van der Waals surface area contributed by atoms with Crippen LogP contribution in [0.25, 0.3) is 5.57 Å². The van der Waals surface area contributed by atoms with Crippen molar-refractivity contribution >= 4 is 11.5 Å². The number of hydrogen-bond donors (Lipinski definition) is 2. The average molecular weight is 547 g/mol. The maximum absolute atomic E-state index is 11.3. The molecule has 0 radical (unpaired) electrons. The van der Waals surface area contributed by atoms with E-state index in [0.29, 0.717) is 36.2 Å². The molecular formula is C35H50N2O3. The third kappa shape index (κ3) is 3.51. The summed E-state index contributed by atoms with van der Waals surface area (Å²) in [5, 5.41) is 20.0. The molecule has 1 heterocycles. The van der Waals surface area contributed by atoms with E-state index in [2.05, 4.69) is 64.2 Å². The van der Waals surface area contributed by atoms with Gasteiger partial charge in [-0.05, 0) is 127 Å². The van der Waals surface area contributed by atoms with Crippen LogP contribution in [-0.2, 0) is 0 Å². The summed E-state index contributed by atoms with van der Waals surface area (Å²) in [6.07, 6.45) is 16.7. The van der Waals surface area contributed by atoms with E-state index < -0.39 is 5.97 Å². The van der Waals surface area contributed by atoms with Crippen molar-refractivity contribution in [2.75, 3.05) is 6.61 Å². The molecule has 5 nitrogen and oxygen atoms in total. The number of carbonyl (C=O) groups is 1. The van der Waals surface area contributed by atoms with E-state index in [0.717, 1.165) is 24.8 Å². The number of nitrogens with zero attached hydrogens (tertiary/aromatic N) is 2. The smallest absolute Gasteiger partial charge is 0.373 e. The highest BCUT2D eigenvalue weighted by Crippen LogP contribution is 2.77. The van der Waals surface area contributed by atoms with Gasteiger partial charge in [-0.3, -0.25) is 0 Å². The van der Waals surface area contributed by atoms with Crippen molar-refractivity contribution < 1.29 is 15.0 Å². The summed E-state index contributed by atoms with van der Waals surface area (Å²) in [5.74, 6) is 1.76. The monoisotopic (exact) mass is 546 g/mol. The lowest BCUT2D eigenvalue weighted by Crippen LogP contribution is -2.65. The minimum atomic E-state index is -1.09. The zero-order valence-electron chi connectivity index (χ0n) is 25.6. The van der Waals surface area contributed by atoms with Gasteiger partial charge in [-0.1, -0.05) is 52.8 Å². The molecule has 0 aliphatic heterocycles. The van der Waals surface area contributed by atoms with E-state index in [1.807, 2.05) is 0 Å². The molecule has 6 rings (SSSR count). The summed E-state index contributed by atoms with van der Waals surface area (Å²) in [6, 6.07) is 0.